The molecule has 0 saturated carbocycles. The lowest BCUT2D eigenvalue weighted by atomic mass is 10.1. The van der Waals surface area contributed by atoms with Crippen molar-refractivity contribution in [1.82, 2.24) is 15.4 Å². The number of aromatic nitrogens is 1. The molecular weight excluding hydrogens is 405 g/mol. The highest BCUT2D eigenvalue weighted by molar-refractivity contribution is 6.39. The summed E-state index contributed by atoms with van der Waals surface area (Å²) in [5.74, 6) is -0.992. The Morgan fingerprint density at radius 1 is 1.03 bits per heavy atom. The predicted octanol–water partition coefficient (Wildman–Crippen LogP) is 2.02. The molecule has 162 valence electrons. The van der Waals surface area contributed by atoms with E-state index in [-0.39, 0.29) is 24.2 Å². The molecule has 4 rings (SSSR count). The third kappa shape index (κ3) is 5.10. The maximum absolute atomic E-state index is 13.2. The third-order valence-electron chi connectivity index (χ3n) is 5.16. The number of hydrogen-bond acceptors (Lipinski definition) is 7. The van der Waals surface area contributed by atoms with Gasteiger partial charge in [0.2, 0.25) is 0 Å². The molecule has 1 unspecified atom stereocenters. The van der Waals surface area contributed by atoms with Crippen LogP contribution in [0.4, 0.5) is 15.9 Å². The van der Waals surface area contributed by atoms with Crippen LogP contribution in [-0.4, -0.2) is 54.6 Å². The van der Waals surface area contributed by atoms with Crippen LogP contribution < -0.4 is 15.5 Å². The first-order valence-electron chi connectivity index (χ1n) is 9.87. The van der Waals surface area contributed by atoms with Gasteiger partial charge in [-0.3, -0.25) is 19.8 Å². The van der Waals surface area contributed by atoms with Gasteiger partial charge in [0.25, 0.3) is 0 Å². The van der Waals surface area contributed by atoms with E-state index in [1.54, 1.807) is 24.5 Å². The van der Waals surface area contributed by atoms with Crippen molar-refractivity contribution in [3.63, 3.8) is 0 Å². The summed E-state index contributed by atoms with van der Waals surface area (Å²) in [5, 5.41) is 8.57. The Balaban J connectivity index is 1.35. The highest BCUT2D eigenvalue weighted by Crippen LogP contribution is 2.24. The van der Waals surface area contributed by atoms with Gasteiger partial charge < -0.3 is 19.2 Å². The smallest absolute Gasteiger partial charge is 0.314 e. The van der Waals surface area contributed by atoms with Crippen molar-refractivity contribution in [2.24, 2.45) is 0 Å². The quantitative estimate of drug-likeness (QED) is 0.580. The molecule has 1 aliphatic rings. The van der Waals surface area contributed by atoms with E-state index in [4.69, 9.17) is 4.42 Å². The number of carbonyl (C=O) groups excluding carboxylic acids is 2. The van der Waals surface area contributed by atoms with E-state index in [0.717, 1.165) is 18.8 Å². The summed E-state index contributed by atoms with van der Waals surface area (Å²) in [4.78, 5) is 28.6. The average molecular weight is 427 g/mol. The van der Waals surface area contributed by atoms with Gasteiger partial charge in [0, 0.05) is 44.5 Å². The van der Waals surface area contributed by atoms with Gasteiger partial charge in [0.15, 0.2) is 5.82 Å². The predicted molar refractivity (Wildman–Crippen MR) is 110 cm³/mol. The number of piperazine rings is 1. The molecule has 2 aromatic heterocycles. The number of furan rings is 1. The second-order valence-electron chi connectivity index (χ2n) is 7.08. The summed E-state index contributed by atoms with van der Waals surface area (Å²) in [6.07, 6.45) is 2.88. The van der Waals surface area contributed by atoms with E-state index < -0.39 is 11.8 Å². The second kappa shape index (κ2) is 9.43. The van der Waals surface area contributed by atoms with Gasteiger partial charge >= 0.3 is 11.8 Å². The van der Waals surface area contributed by atoms with Gasteiger partial charge in [-0.2, -0.15) is 0 Å². The minimum Gasteiger partial charge on any atom is -0.468 e. The first-order chi connectivity index (χ1) is 15.1. The Morgan fingerprint density at radius 2 is 1.81 bits per heavy atom. The van der Waals surface area contributed by atoms with Gasteiger partial charge in [0.05, 0.1) is 12.3 Å². The Morgan fingerprint density at radius 3 is 2.45 bits per heavy atom. The standard InChI is InChI=1S/C21H22FN5O4/c22-15-3-5-16(6-4-15)26-8-10-27(11-9-26)17(18-2-1-12-30-18)14-23-20(28)21(29)24-19-7-13-31-25-19/h1-7,12-13,17H,8-11,14H2,(H,23,28)(H,24,25,29). The lowest BCUT2D eigenvalue weighted by molar-refractivity contribution is -0.136. The van der Waals surface area contributed by atoms with Crippen LogP contribution in [0.2, 0.25) is 0 Å². The lowest BCUT2D eigenvalue weighted by Crippen LogP contribution is -2.50. The van der Waals surface area contributed by atoms with Crippen molar-refractivity contribution in [1.29, 1.82) is 0 Å². The summed E-state index contributed by atoms with van der Waals surface area (Å²) in [6, 6.07) is 11.3. The Labute approximate surface area is 177 Å². The first-order valence-corrected chi connectivity index (χ1v) is 9.87. The molecule has 3 aromatic rings. The minimum atomic E-state index is -0.826. The van der Waals surface area contributed by atoms with Crippen LogP contribution in [0.3, 0.4) is 0 Å². The van der Waals surface area contributed by atoms with Crippen molar-refractivity contribution in [3.05, 3.63) is 66.6 Å². The molecule has 0 aliphatic carbocycles. The molecule has 9 nitrogen and oxygen atoms in total. The summed E-state index contributed by atoms with van der Waals surface area (Å²) >= 11 is 0. The molecule has 1 aromatic carbocycles. The molecule has 1 saturated heterocycles. The number of nitrogens with one attached hydrogen (secondary N) is 2. The van der Waals surface area contributed by atoms with Crippen molar-refractivity contribution in [2.45, 2.75) is 6.04 Å². The number of carbonyl (C=O) groups is 2. The fourth-order valence-corrected chi connectivity index (χ4v) is 3.55. The zero-order valence-electron chi connectivity index (χ0n) is 16.7. The number of halogens is 1. The van der Waals surface area contributed by atoms with Gasteiger partial charge in [0.1, 0.15) is 17.8 Å². The van der Waals surface area contributed by atoms with E-state index in [0.29, 0.717) is 18.8 Å². The number of nitrogens with zero attached hydrogens (tertiary/aromatic N) is 3. The van der Waals surface area contributed by atoms with Crippen molar-refractivity contribution < 1.29 is 22.9 Å². The number of hydrogen-bond donors (Lipinski definition) is 2. The van der Waals surface area contributed by atoms with Gasteiger partial charge in [-0.15, -0.1) is 0 Å². The number of amides is 2. The zero-order chi connectivity index (χ0) is 21.6. The maximum Gasteiger partial charge on any atom is 0.314 e. The maximum atomic E-state index is 13.2. The lowest BCUT2D eigenvalue weighted by Gasteiger charge is -2.39. The largest absolute Gasteiger partial charge is 0.468 e. The fraction of sp³-hybridized carbons (Fsp3) is 0.286. The van der Waals surface area contributed by atoms with Crippen molar-refractivity contribution in [3.8, 4) is 0 Å². The summed E-state index contributed by atoms with van der Waals surface area (Å²) < 4.78 is 23.4. The third-order valence-corrected chi connectivity index (χ3v) is 5.16. The van der Waals surface area contributed by atoms with Crippen LogP contribution >= 0.6 is 0 Å². The molecule has 31 heavy (non-hydrogen) atoms. The van der Waals surface area contributed by atoms with Crippen LogP contribution in [0.1, 0.15) is 11.8 Å². The molecule has 0 spiro atoms. The Bertz CT molecular complexity index is 983. The van der Waals surface area contributed by atoms with Gasteiger partial charge in [-0.1, -0.05) is 5.16 Å². The molecule has 2 N–H and O–H groups in total. The fourth-order valence-electron chi connectivity index (χ4n) is 3.55. The Hall–Kier alpha value is -3.66. The molecule has 0 radical (unpaired) electrons. The summed E-state index contributed by atoms with van der Waals surface area (Å²) in [5.41, 5.74) is 0.966. The Kier molecular flexibility index (Phi) is 6.27. The molecule has 3 heterocycles. The normalized spacial score (nSPS) is 15.5. The molecule has 10 heteroatoms. The molecule has 2 amide bonds. The number of benzene rings is 1. The van der Waals surface area contributed by atoms with E-state index in [2.05, 4.69) is 30.1 Å². The van der Waals surface area contributed by atoms with Crippen LogP contribution in [0.5, 0.6) is 0 Å². The van der Waals surface area contributed by atoms with Crippen molar-refractivity contribution >= 4 is 23.3 Å². The van der Waals surface area contributed by atoms with E-state index >= 15 is 0 Å². The topological polar surface area (TPSA) is 104 Å². The van der Waals surface area contributed by atoms with E-state index in [1.807, 2.05) is 6.07 Å². The average Bonchev–Trinajstić information content (AvgIpc) is 3.49. The number of anilines is 2. The summed E-state index contributed by atoms with van der Waals surface area (Å²) in [7, 11) is 0. The van der Waals surface area contributed by atoms with Crippen LogP contribution in [0.15, 0.2) is 63.9 Å². The van der Waals surface area contributed by atoms with E-state index in [9.17, 15) is 14.0 Å². The molecular formula is C21H22FN5O4. The second-order valence-corrected chi connectivity index (χ2v) is 7.08. The molecule has 1 atom stereocenters. The first kappa shape index (κ1) is 20.6. The molecule has 1 aliphatic heterocycles. The highest BCUT2D eigenvalue weighted by Gasteiger charge is 2.28. The zero-order valence-corrected chi connectivity index (χ0v) is 16.7. The number of rotatable bonds is 6. The highest BCUT2D eigenvalue weighted by atomic mass is 19.1. The molecule has 0 bridgehead atoms. The molecule has 1 fully saturated rings. The van der Waals surface area contributed by atoms with E-state index in [1.165, 1.54) is 24.5 Å². The monoisotopic (exact) mass is 427 g/mol. The van der Waals surface area contributed by atoms with Crippen molar-refractivity contribution in [2.75, 3.05) is 42.9 Å². The van der Waals surface area contributed by atoms with Crippen LogP contribution in [0.25, 0.3) is 0 Å². The summed E-state index contributed by atoms with van der Waals surface area (Å²) in [6.45, 7) is 3.11. The van der Waals surface area contributed by atoms with Crippen LogP contribution in [-0.2, 0) is 9.59 Å². The SMILES string of the molecule is O=C(NCC(c1ccco1)N1CCN(c2ccc(F)cc2)CC1)C(=O)Nc1ccon1. The van der Waals surface area contributed by atoms with Gasteiger partial charge in [-0.25, -0.2) is 4.39 Å². The van der Waals surface area contributed by atoms with Crippen LogP contribution in [0, 0.1) is 5.82 Å². The van der Waals surface area contributed by atoms with Gasteiger partial charge in [-0.05, 0) is 36.4 Å². The minimum absolute atomic E-state index is 0.166.